The number of hydrogen-bond donors (Lipinski definition) is 0. The molecule has 6 nitrogen and oxygen atoms in total. The Kier molecular flexibility index (Phi) is 7.29. The second-order valence-corrected chi connectivity index (χ2v) is 6.56. The number of rotatable bonds is 8. The number of benzene rings is 1. The van der Waals surface area contributed by atoms with Crippen LogP contribution < -0.4 is 4.74 Å². The number of aromatic nitrogens is 2. The molecule has 0 N–H and O–H groups in total. The summed E-state index contributed by atoms with van der Waals surface area (Å²) in [6, 6.07) is 3.61. The first-order chi connectivity index (χ1) is 12.8. The zero-order valence-electron chi connectivity index (χ0n) is 15.7. The van der Waals surface area contributed by atoms with Crippen LogP contribution in [-0.4, -0.2) is 41.7 Å². The van der Waals surface area contributed by atoms with E-state index in [0.717, 1.165) is 23.0 Å². The minimum absolute atomic E-state index is 0.0399. The lowest BCUT2D eigenvalue weighted by Gasteiger charge is -2.10. The summed E-state index contributed by atoms with van der Waals surface area (Å²) in [5, 5.41) is 0.686. The van der Waals surface area contributed by atoms with Gasteiger partial charge in [0.1, 0.15) is 11.6 Å². The Hall–Kier alpha value is -2.48. The fourth-order valence-corrected chi connectivity index (χ4v) is 3.04. The zero-order chi connectivity index (χ0) is 20.0. The highest BCUT2D eigenvalue weighted by molar-refractivity contribution is 7.98. The minimum atomic E-state index is -0.565. The summed E-state index contributed by atoms with van der Waals surface area (Å²) >= 11 is 1.46. The van der Waals surface area contributed by atoms with Gasteiger partial charge in [-0.1, -0.05) is 11.8 Å². The van der Waals surface area contributed by atoms with Crippen LogP contribution in [0.25, 0.3) is 0 Å². The van der Waals surface area contributed by atoms with Crippen LogP contribution in [0.15, 0.2) is 23.4 Å². The topological polar surface area (TPSA) is 78.4 Å². The maximum Gasteiger partial charge on any atom is 0.306 e. The summed E-state index contributed by atoms with van der Waals surface area (Å²) < 4.78 is 23.4. The van der Waals surface area contributed by atoms with Crippen LogP contribution in [0.1, 0.15) is 33.7 Å². The molecule has 1 heterocycles. The van der Waals surface area contributed by atoms with Gasteiger partial charge in [-0.05, 0) is 50.3 Å². The van der Waals surface area contributed by atoms with Crippen LogP contribution in [0.5, 0.6) is 5.75 Å². The highest BCUT2D eigenvalue weighted by atomic mass is 32.2. The molecule has 2 rings (SSSR count). The number of Topliss-reactive ketones (excluding diaryl/α,β-unsaturated/α-hetero) is 1. The number of nitrogens with zero attached hydrogens (tertiary/aromatic N) is 2. The zero-order valence-corrected chi connectivity index (χ0v) is 16.5. The largest absolute Gasteiger partial charge is 0.496 e. The van der Waals surface area contributed by atoms with Gasteiger partial charge in [0.15, 0.2) is 11.8 Å². The Bertz CT molecular complexity index is 835. The summed E-state index contributed by atoms with van der Waals surface area (Å²) in [6.07, 6.45) is 2.41. The Morgan fingerprint density at radius 2 is 1.85 bits per heavy atom. The first kappa shape index (κ1) is 20.8. The first-order valence-corrected chi connectivity index (χ1v) is 9.48. The smallest absolute Gasteiger partial charge is 0.306 e. The van der Waals surface area contributed by atoms with E-state index in [1.807, 2.05) is 20.1 Å². The van der Waals surface area contributed by atoms with E-state index in [-0.39, 0.29) is 17.7 Å². The van der Waals surface area contributed by atoms with Crippen molar-refractivity contribution >= 4 is 23.5 Å². The van der Waals surface area contributed by atoms with Crippen molar-refractivity contribution in [3.05, 3.63) is 46.5 Å². The fourth-order valence-electron chi connectivity index (χ4n) is 2.58. The van der Waals surface area contributed by atoms with Crippen molar-refractivity contribution in [2.24, 2.45) is 0 Å². The molecule has 144 valence electrons. The molecule has 0 aliphatic rings. The molecular weight excluding hydrogens is 371 g/mol. The van der Waals surface area contributed by atoms with Gasteiger partial charge in [0.2, 0.25) is 5.78 Å². The van der Waals surface area contributed by atoms with Crippen molar-refractivity contribution in [2.45, 2.75) is 31.8 Å². The third-order valence-electron chi connectivity index (χ3n) is 3.99. The number of methoxy groups -OCH3 is 1. The van der Waals surface area contributed by atoms with Crippen molar-refractivity contribution in [2.75, 3.05) is 20.0 Å². The molecule has 27 heavy (non-hydrogen) atoms. The number of carbonyl (C=O) groups is 2. The van der Waals surface area contributed by atoms with Crippen molar-refractivity contribution in [3.63, 3.8) is 0 Å². The standard InChI is InChI=1S/C19H21FN2O4S/c1-11-14(12(2)22-19(21-11)27-4)6-8-18(24)26-10-16(23)15-9-13(20)5-7-17(15)25-3/h5,7,9H,6,8,10H2,1-4H3. The molecule has 8 heteroatoms. The van der Waals surface area contributed by atoms with E-state index >= 15 is 0 Å². The summed E-state index contributed by atoms with van der Waals surface area (Å²) in [7, 11) is 1.38. The molecule has 0 aliphatic carbocycles. The van der Waals surface area contributed by atoms with Gasteiger partial charge < -0.3 is 9.47 Å². The number of ether oxygens (including phenoxy) is 2. The van der Waals surface area contributed by atoms with Gasteiger partial charge in [-0.25, -0.2) is 14.4 Å². The Balaban J connectivity index is 1.94. The molecule has 0 saturated carbocycles. The predicted octanol–water partition coefficient (Wildman–Crippen LogP) is 3.32. The molecule has 0 saturated heterocycles. The van der Waals surface area contributed by atoms with E-state index < -0.39 is 24.2 Å². The number of hydrogen-bond acceptors (Lipinski definition) is 7. The Labute approximate surface area is 161 Å². The maximum absolute atomic E-state index is 13.4. The molecule has 0 spiro atoms. The second kappa shape index (κ2) is 9.45. The summed E-state index contributed by atoms with van der Waals surface area (Å²) in [5.41, 5.74) is 2.57. The summed E-state index contributed by atoms with van der Waals surface area (Å²) in [4.78, 5) is 32.9. The van der Waals surface area contributed by atoms with Gasteiger partial charge in [0.05, 0.1) is 12.7 Å². The average molecular weight is 392 g/mol. The number of carbonyl (C=O) groups excluding carboxylic acids is 2. The molecule has 0 fully saturated rings. The van der Waals surface area contributed by atoms with Crippen LogP contribution in [0, 0.1) is 19.7 Å². The molecular formula is C19H21FN2O4S. The molecule has 1 aromatic heterocycles. The number of esters is 1. The molecule has 0 aliphatic heterocycles. The second-order valence-electron chi connectivity index (χ2n) is 5.79. The summed E-state index contributed by atoms with van der Waals surface area (Å²) in [5.74, 6) is -1.38. The third kappa shape index (κ3) is 5.50. The third-order valence-corrected chi connectivity index (χ3v) is 4.54. The van der Waals surface area contributed by atoms with Gasteiger partial charge in [-0.2, -0.15) is 0 Å². The maximum atomic E-state index is 13.4. The molecule has 2 aromatic rings. The van der Waals surface area contributed by atoms with E-state index in [9.17, 15) is 14.0 Å². The van der Waals surface area contributed by atoms with E-state index in [4.69, 9.17) is 9.47 Å². The SMILES string of the molecule is COc1ccc(F)cc1C(=O)COC(=O)CCc1c(C)nc(SC)nc1C. The molecule has 0 atom stereocenters. The molecule has 0 bridgehead atoms. The minimum Gasteiger partial charge on any atom is -0.496 e. The number of halogens is 1. The van der Waals surface area contributed by atoms with Gasteiger partial charge in [0, 0.05) is 17.8 Å². The van der Waals surface area contributed by atoms with Crippen molar-refractivity contribution in [1.29, 1.82) is 0 Å². The van der Waals surface area contributed by atoms with Crippen LogP contribution >= 0.6 is 11.8 Å². The van der Waals surface area contributed by atoms with Gasteiger partial charge >= 0.3 is 5.97 Å². The van der Waals surface area contributed by atoms with E-state index in [0.29, 0.717) is 11.6 Å². The van der Waals surface area contributed by atoms with Crippen LogP contribution in [0.2, 0.25) is 0 Å². The molecule has 1 aromatic carbocycles. The van der Waals surface area contributed by atoms with E-state index in [2.05, 4.69) is 9.97 Å². The number of thioether (sulfide) groups is 1. The van der Waals surface area contributed by atoms with Gasteiger partial charge in [-0.3, -0.25) is 9.59 Å². The van der Waals surface area contributed by atoms with E-state index in [1.165, 1.54) is 31.0 Å². The van der Waals surface area contributed by atoms with Crippen molar-refractivity contribution < 1.29 is 23.5 Å². The van der Waals surface area contributed by atoms with Crippen molar-refractivity contribution in [3.8, 4) is 5.75 Å². The van der Waals surface area contributed by atoms with Crippen LogP contribution in [-0.2, 0) is 16.0 Å². The number of aryl methyl sites for hydroxylation is 2. The first-order valence-electron chi connectivity index (χ1n) is 8.26. The Morgan fingerprint density at radius 3 is 2.44 bits per heavy atom. The normalized spacial score (nSPS) is 10.6. The molecule has 0 radical (unpaired) electrons. The lowest BCUT2D eigenvalue weighted by atomic mass is 10.1. The van der Waals surface area contributed by atoms with Gasteiger partial charge in [0.25, 0.3) is 0 Å². The van der Waals surface area contributed by atoms with E-state index in [1.54, 1.807) is 0 Å². The lowest BCUT2D eigenvalue weighted by molar-refractivity contribution is -0.142. The molecule has 0 amide bonds. The fraction of sp³-hybridized carbons (Fsp3) is 0.368. The highest BCUT2D eigenvalue weighted by Crippen LogP contribution is 2.20. The number of ketones is 1. The predicted molar refractivity (Wildman–Crippen MR) is 99.8 cm³/mol. The lowest BCUT2D eigenvalue weighted by Crippen LogP contribution is -2.16. The van der Waals surface area contributed by atoms with Gasteiger partial charge in [-0.15, -0.1) is 0 Å². The molecule has 0 unspecified atom stereocenters. The monoisotopic (exact) mass is 392 g/mol. The average Bonchev–Trinajstić information content (AvgIpc) is 2.65. The van der Waals surface area contributed by atoms with Crippen LogP contribution in [0.3, 0.4) is 0 Å². The highest BCUT2D eigenvalue weighted by Gasteiger charge is 2.16. The summed E-state index contributed by atoms with van der Waals surface area (Å²) in [6.45, 7) is 3.27. The Morgan fingerprint density at radius 1 is 1.19 bits per heavy atom. The quantitative estimate of drug-likeness (QED) is 0.295. The van der Waals surface area contributed by atoms with Crippen molar-refractivity contribution in [1.82, 2.24) is 9.97 Å². The van der Waals surface area contributed by atoms with Crippen LogP contribution in [0.4, 0.5) is 4.39 Å².